The van der Waals surface area contributed by atoms with Gasteiger partial charge in [-0.05, 0) is 30.7 Å². The maximum Gasteiger partial charge on any atom is 0.261 e. The number of benzene rings is 2. The summed E-state index contributed by atoms with van der Waals surface area (Å²) in [5.41, 5.74) is 1.70. The predicted molar refractivity (Wildman–Crippen MR) is 98.7 cm³/mol. The molecule has 0 bridgehead atoms. The molecule has 1 heterocycles. The molecule has 1 aliphatic heterocycles. The Morgan fingerprint density at radius 2 is 1.52 bits per heavy atom. The molecule has 132 valence electrons. The number of carbonyl (C=O) groups is 1. The molecule has 0 spiro atoms. The lowest BCUT2D eigenvalue weighted by molar-refractivity contribution is 0.0760. The van der Waals surface area contributed by atoms with Gasteiger partial charge in [-0.3, -0.25) is 4.79 Å². The third-order valence-corrected chi connectivity index (χ3v) is 4.55. The number of rotatable bonds is 4. The predicted octanol–water partition coefficient (Wildman–Crippen LogP) is 3.06. The number of amides is 1. The molecule has 0 N–H and O–H groups in total. The van der Waals surface area contributed by atoms with E-state index in [0.29, 0.717) is 23.6 Å². The van der Waals surface area contributed by atoms with E-state index in [2.05, 4.69) is 17.0 Å². The first-order valence-corrected chi connectivity index (χ1v) is 8.55. The second-order valence-electron chi connectivity index (χ2n) is 6.01. The fourth-order valence-corrected chi connectivity index (χ4v) is 3.24. The van der Waals surface area contributed by atoms with Crippen LogP contribution in [0.15, 0.2) is 48.5 Å². The van der Waals surface area contributed by atoms with Crippen molar-refractivity contribution in [3.05, 3.63) is 54.1 Å². The zero-order valence-corrected chi connectivity index (χ0v) is 14.8. The van der Waals surface area contributed by atoms with Crippen LogP contribution >= 0.6 is 0 Å². The van der Waals surface area contributed by atoms with Gasteiger partial charge in [0, 0.05) is 31.9 Å². The molecule has 0 aromatic heterocycles. The maximum absolute atomic E-state index is 13.1. The summed E-state index contributed by atoms with van der Waals surface area (Å²) in [6.45, 7) is 3.16. The summed E-state index contributed by atoms with van der Waals surface area (Å²) in [7, 11) is 3.15. The number of anilines is 1. The number of nitrogens with zero attached hydrogens (tertiary/aromatic N) is 2. The lowest BCUT2D eigenvalue weighted by Gasteiger charge is -2.24. The van der Waals surface area contributed by atoms with E-state index in [1.165, 1.54) is 5.69 Å². The molecule has 0 unspecified atom stereocenters. The molecule has 0 aliphatic carbocycles. The van der Waals surface area contributed by atoms with Gasteiger partial charge in [-0.2, -0.15) is 0 Å². The van der Waals surface area contributed by atoms with Gasteiger partial charge in [0.05, 0.1) is 14.2 Å². The van der Waals surface area contributed by atoms with E-state index in [4.69, 9.17) is 9.47 Å². The summed E-state index contributed by atoms with van der Waals surface area (Å²) >= 11 is 0. The van der Waals surface area contributed by atoms with Crippen LogP contribution in [-0.4, -0.2) is 51.2 Å². The lowest BCUT2D eigenvalue weighted by atomic mass is 10.1. The van der Waals surface area contributed by atoms with Crippen LogP contribution in [0.4, 0.5) is 5.69 Å². The number of carbonyl (C=O) groups excluding carboxylic acids is 1. The van der Waals surface area contributed by atoms with Gasteiger partial charge in [0.15, 0.2) is 0 Å². The van der Waals surface area contributed by atoms with Gasteiger partial charge in [-0.1, -0.05) is 24.3 Å². The minimum Gasteiger partial charge on any atom is -0.496 e. The number of para-hydroxylation sites is 1. The van der Waals surface area contributed by atoms with E-state index in [1.54, 1.807) is 26.4 Å². The Labute approximate surface area is 148 Å². The van der Waals surface area contributed by atoms with Crippen molar-refractivity contribution < 1.29 is 14.3 Å². The largest absolute Gasteiger partial charge is 0.496 e. The summed E-state index contributed by atoms with van der Waals surface area (Å²) in [5.74, 6) is 1.06. The van der Waals surface area contributed by atoms with Gasteiger partial charge in [-0.15, -0.1) is 0 Å². The molecule has 0 saturated carbocycles. The standard InChI is InChI=1S/C20H24N2O3/c1-24-17-10-6-11-18(25-2)19(17)20(23)22-13-7-12-21(14-15-22)16-8-4-3-5-9-16/h3-6,8-11H,7,12-15H2,1-2H3. The van der Waals surface area contributed by atoms with Crippen LogP contribution in [0.5, 0.6) is 11.5 Å². The number of hydrogen-bond acceptors (Lipinski definition) is 4. The van der Waals surface area contributed by atoms with Gasteiger partial charge >= 0.3 is 0 Å². The molecule has 1 aliphatic rings. The van der Waals surface area contributed by atoms with Crippen LogP contribution < -0.4 is 14.4 Å². The Kier molecular flexibility index (Phi) is 5.43. The van der Waals surface area contributed by atoms with Crippen LogP contribution in [0.2, 0.25) is 0 Å². The Bertz CT molecular complexity index is 696. The van der Waals surface area contributed by atoms with Gasteiger partial charge in [0.2, 0.25) is 0 Å². The van der Waals surface area contributed by atoms with E-state index in [1.807, 2.05) is 29.2 Å². The van der Waals surface area contributed by atoms with Crippen molar-refractivity contribution in [2.75, 3.05) is 45.3 Å². The first-order chi connectivity index (χ1) is 12.2. The normalized spacial score (nSPS) is 14.8. The van der Waals surface area contributed by atoms with Crippen LogP contribution in [0.1, 0.15) is 16.8 Å². The van der Waals surface area contributed by atoms with Gasteiger partial charge in [0.25, 0.3) is 5.91 Å². The minimum absolute atomic E-state index is 0.0378. The second kappa shape index (κ2) is 7.92. The van der Waals surface area contributed by atoms with Crippen LogP contribution in [0, 0.1) is 0 Å². The third kappa shape index (κ3) is 3.71. The molecular weight excluding hydrogens is 316 g/mol. The van der Waals surface area contributed by atoms with Gasteiger partial charge < -0.3 is 19.3 Å². The highest BCUT2D eigenvalue weighted by atomic mass is 16.5. The first-order valence-electron chi connectivity index (χ1n) is 8.55. The molecule has 2 aromatic rings. The molecule has 0 atom stereocenters. The lowest BCUT2D eigenvalue weighted by Crippen LogP contribution is -2.35. The molecular formula is C20H24N2O3. The summed E-state index contributed by atoms with van der Waals surface area (Å²) in [5, 5.41) is 0. The third-order valence-electron chi connectivity index (χ3n) is 4.55. The minimum atomic E-state index is -0.0378. The van der Waals surface area contributed by atoms with Crippen molar-refractivity contribution >= 4 is 11.6 Å². The van der Waals surface area contributed by atoms with E-state index in [9.17, 15) is 4.79 Å². The van der Waals surface area contributed by atoms with Crippen molar-refractivity contribution in [1.29, 1.82) is 0 Å². The molecule has 2 aromatic carbocycles. The monoisotopic (exact) mass is 340 g/mol. The zero-order chi connectivity index (χ0) is 17.6. The van der Waals surface area contributed by atoms with E-state index < -0.39 is 0 Å². The Hall–Kier alpha value is -2.69. The summed E-state index contributed by atoms with van der Waals surface area (Å²) < 4.78 is 10.8. The Morgan fingerprint density at radius 1 is 0.840 bits per heavy atom. The zero-order valence-electron chi connectivity index (χ0n) is 14.8. The smallest absolute Gasteiger partial charge is 0.261 e. The average molecular weight is 340 g/mol. The first kappa shape index (κ1) is 17.1. The van der Waals surface area contributed by atoms with E-state index >= 15 is 0 Å². The highest BCUT2D eigenvalue weighted by Gasteiger charge is 2.25. The second-order valence-corrected chi connectivity index (χ2v) is 6.01. The fraction of sp³-hybridized carbons (Fsp3) is 0.350. The highest BCUT2D eigenvalue weighted by molar-refractivity contribution is 5.99. The van der Waals surface area contributed by atoms with E-state index in [0.717, 1.165) is 26.1 Å². The molecule has 1 amide bonds. The molecule has 1 saturated heterocycles. The number of methoxy groups -OCH3 is 2. The summed E-state index contributed by atoms with van der Waals surface area (Å²) in [6.07, 6.45) is 0.929. The summed E-state index contributed by atoms with van der Waals surface area (Å²) in [6, 6.07) is 15.7. The average Bonchev–Trinajstić information content (AvgIpc) is 2.93. The van der Waals surface area contributed by atoms with Crippen LogP contribution in [-0.2, 0) is 0 Å². The van der Waals surface area contributed by atoms with Crippen LogP contribution in [0.3, 0.4) is 0 Å². The van der Waals surface area contributed by atoms with Crippen molar-refractivity contribution in [2.45, 2.75) is 6.42 Å². The Balaban J connectivity index is 1.78. The summed E-state index contributed by atoms with van der Waals surface area (Å²) in [4.78, 5) is 17.3. The Morgan fingerprint density at radius 3 is 2.16 bits per heavy atom. The number of ether oxygens (including phenoxy) is 2. The topological polar surface area (TPSA) is 42.0 Å². The molecule has 5 heteroatoms. The fourth-order valence-electron chi connectivity index (χ4n) is 3.24. The van der Waals surface area contributed by atoms with Crippen molar-refractivity contribution in [2.24, 2.45) is 0 Å². The van der Waals surface area contributed by atoms with Gasteiger partial charge in [0.1, 0.15) is 17.1 Å². The number of hydrogen-bond donors (Lipinski definition) is 0. The maximum atomic E-state index is 13.1. The van der Waals surface area contributed by atoms with Crippen molar-refractivity contribution in [3.8, 4) is 11.5 Å². The van der Waals surface area contributed by atoms with Crippen LogP contribution in [0.25, 0.3) is 0 Å². The van der Waals surface area contributed by atoms with E-state index in [-0.39, 0.29) is 5.91 Å². The van der Waals surface area contributed by atoms with Crippen molar-refractivity contribution in [1.82, 2.24) is 4.90 Å². The molecule has 25 heavy (non-hydrogen) atoms. The molecule has 0 radical (unpaired) electrons. The quantitative estimate of drug-likeness (QED) is 0.858. The molecule has 3 rings (SSSR count). The van der Waals surface area contributed by atoms with Gasteiger partial charge in [-0.25, -0.2) is 0 Å². The van der Waals surface area contributed by atoms with Crippen molar-refractivity contribution in [3.63, 3.8) is 0 Å². The molecule has 1 fully saturated rings. The molecule has 5 nitrogen and oxygen atoms in total. The highest BCUT2D eigenvalue weighted by Crippen LogP contribution is 2.30. The SMILES string of the molecule is COc1cccc(OC)c1C(=O)N1CCCN(c2ccccc2)CC1.